The Morgan fingerprint density at radius 3 is 2.96 bits per heavy atom. The van der Waals surface area contributed by atoms with Gasteiger partial charge in [-0.15, -0.1) is 11.3 Å². The number of aromatic nitrogens is 2. The predicted molar refractivity (Wildman–Crippen MR) is 96.2 cm³/mol. The number of benzene rings is 1. The molecule has 1 aromatic carbocycles. The molecular formula is C17H13N3OS2. The first-order chi connectivity index (χ1) is 11.1. The van der Waals surface area contributed by atoms with Crippen LogP contribution in [0.1, 0.15) is 22.2 Å². The summed E-state index contributed by atoms with van der Waals surface area (Å²) >= 11 is 2.67. The van der Waals surface area contributed by atoms with Crippen LogP contribution in [-0.2, 0) is 4.79 Å². The van der Waals surface area contributed by atoms with Gasteiger partial charge in [0.05, 0.1) is 9.95 Å². The number of H-pyrrole nitrogens is 1. The van der Waals surface area contributed by atoms with Crippen molar-refractivity contribution >= 4 is 50.9 Å². The summed E-state index contributed by atoms with van der Waals surface area (Å²) < 4.78 is 0. The number of para-hydroxylation sites is 1. The Balaban J connectivity index is 1.78. The molecule has 114 valence electrons. The fourth-order valence-corrected chi connectivity index (χ4v) is 4.59. The Hall–Kier alpha value is -2.18. The third kappa shape index (κ3) is 2.34. The standard InChI is InChI=1S/C17H13N3OS2/c1-9-11(10-4-2-3-5-12(10)20-9)8-13-15(21)14(16(18)23-13)17-19-6-7-22-17/h2-8,14,18,20H,1H3. The van der Waals surface area contributed by atoms with Gasteiger partial charge < -0.3 is 4.98 Å². The van der Waals surface area contributed by atoms with Crippen molar-refractivity contribution in [2.45, 2.75) is 12.8 Å². The van der Waals surface area contributed by atoms with Gasteiger partial charge in [-0.25, -0.2) is 4.98 Å². The molecule has 1 saturated heterocycles. The van der Waals surface area contributed by atoms with Crippen LogP contribution in [-0.4, -0.2) is 20.8 Å². The number of Topliss-reactive ketones (excluding diaryl/α,β-unsaturated/α-hetero) is 1. The number of hydrogen-bond acceptors (Lipinski definition) is 5. The number of aryl methyl sites for hydroxylation is 1. The van der Waals surface area contributed by atoms with Gasteiger partial charge in [-0.1, -0.05) is 30.0 Å². The molecule has 2 aromatic heterocycles. The number of rotatable bonds is 2. The lowest BCUT2D eigenvalue weighted by molar-refractivity contribution is -0.114. The Kier molecular flexibility index (Phi) is 3.43. The lowest BCUT2D eigenvalue weighted by atomic mass is 10.0. The van der Waals surface area contributed by atoms with E-state index in [1.54, 1.807) is 6.20 Å². The van der Waals surface area contributed by atoms with Crippen molar-refractivity contribution in [2.75, 3.05) is 0 Å². The van der Waals surface area contributed by atoms with E-state index < -0.39 is 5.92 Å². The molecule has 3 heterocycles. The summed E-state index contributed by atoms with van der Waals surface area (Å²) in [6.45, 7) is 2.00. The van der Waals surface area contributed by atoms with E-state index in [0.717, 1.165) is 22.2 Å². The number of aromatic amines is 1. The largest absolute Gasteiger partial charge is 0.358 e. The molecule has 0 radical (unpaired) electrons. The zero-order chi connectivity index (χ0) is 16.0. The van der Waals surface area contributed by atoms with Crippen LogP contribution < -0.4 is 0 Å². The molecule has 1 unspecified atom stereocenters. The van der Waals surface area contributed by atoms with Crippen molar-refractivity contribution in [3.8, 4) is 0 Å². The molecule has 0 amide bonds. The van der Waals surface area contributed by atoms with Gasteiger partial charge in [-0.2, -0.15) is 0 Å². The highest BCUT2D eigenvalue weighted by Gasteiger charge is 2.38. The molecule has 23 heavy (non-hydrogen) atoms. The number of fused-ring (bicyclic) bond motifs is 1. The third-order valence-electron chi connectivity index (χ3n) is 3.90. The third-order valence-corrected chi connectivity index (χ3v) is 5.74. The molecule has 6 heteroatoms. The van der Waals surface area contributed by atoms with Crippen LogP contribution in [0, 0.1) is 12.3 Å². The number of hydrogen-bond donors (Lipinski definition) is 2. The highest BCUT2D eigenvalue weighted by Crippen LogP contribution is 2.42. The lowest BCUT2D eigenvalue weighted by Gasteiger charge is -2.01. The van der Waals surface area contributed by atoms with E-state index in [2.05, 4.69) is 9.97 Å². The van der Waals surface area contributed by atoms with Gasteiger partial charge >= 0.3 is 0 Å². The minimum Gasteiger partial charge on any atom is -0.358 e. The second-order valence-electron chi connectivity index (χ2n) is 5.35. The summed E-state index contributed by atoms with van der Waals surface area (Å²) in [4.78, 5) is 20.9. The molecule has 1 aliphatic rings. The Labute approximate surface area is 141 Å². The molecule has 1 fully saturated rings. The van der Waals surface area contributed by atoms with E-state index in [0.29, 0.717) is 15.0 Å². The van der Waals surface area contributed by atoms with E-state index in [9.17, 15) is 4.79 Å². The first kappa shape index (κ1) is 14.4. The molecule has 0 saturated carbocycles. The van der Waals surface area contributed by atoms with E-state index in [1.807, 2.05) is 42.6 Å². The average Bonchev–Trinajstić information content (AvgIpc) is 3.21. The van der Waals surface area contributed by atoms with Crippen LogP contribution in [0.2, 0.25) is 0 Å². The summed E-state index contributed by atoms with van der Waals surface area (Å²) in [7, 11) is 0. The van der Waals surface area contributed by atoms with Crippen molar-refractivity contribution < 1.29 is 4.79 Å². The quantitative estimate of drug-likeness (QED) is 0.682. The van der Waals surface area contributed by atoms with Gasteiger partial charge in [-0.05, 0) is 19.1 Å². The molecule has 0 spiro atoms. The van der Waals surface area contributed by atoms with Gasteiger partial charge in [0.2, 0.25) is 0 Å². The van der Waals surface area contributed by atoms with Crippen LogP contribution >= 0.6 is 23.1 Å². The van der Waals surface area contributed by atoms with Gasteiger partial charge in [0, 0.05) is 33.7 Å². The number of thiazole rings is 1. The number of carbonyl (C=O) groups excluding carboxylic acids is 1. The van der Waals surface area contributed by atoms with Crippen LogP contribution in [0.5, 0.6) is 0 Å². The van der Waals surface area contributed by atoms with Crippen molar-refractivity contribution in [3.05, 3.63) is 57.0 Å². The van der Waals surface area contributed by atoms with Crippen LogP contribution in [0.15, 0.2) is 40.7 Å². The molecule has 2 N–H and O–H groups in total. The molecule has 0 aliphatic carbocycles. The fraction of sp³-hybridized carbons (Fsp3) is 0.118. The Morgan fingerprint density at radius 2 is 2.17 bits per heavy atom. The van der Waals surface area contributed by atoms with Crippen molar-refractivity contribution in [1.29, 1.82) is 5.41 Å². The normalized spacial score (nSPS) is 20.0. The zero-order valence-electron chi connectivity index (χ0n) is 12.3. The van der Waals surface area contributed by atoms with E-state index in [4.69, 9.17) is 5.41 Å². The van der Waals surface area contributed by atoms with Crippen LogP contribution in [0.4, 0.5) is 0 Å². The fourth-order valence-electron chi connectivity index (χ4n) is 2.81. The maximum absolute atomic E-state index is 12.7. The molecule has 1 atom stereocenters. The molecular weight excluding hydrogens is 326 g/mol. The summed E-state index contributed by atoms with van der Waals surface area (Å²) in [5.41, 5.74) is 3.10. The van der Waals surface area contributed by atoms with Crippen molar-refractivity contribution in [2.24, 2.45) is 0 Å². The molecule has 0 bridgehead atoms. The van der Waals surface area contributed by atoms with Gasteiger partial charge in [0.15, 0.2) is 5.78 Å². The minimum absolute atomic E-state index is 0.0281. The second-order valence-corrected chi connectivity index (χ2v) is 7.36. The Morgan fingerprint density at radius 1 is 1.35 bits per heavy atom. The minimum atomic E-state index is -0.531. The molecule has 1 aliphatic heterocycles. The van der Waals surface area contributed by atoms with Gasteiger partial charge in [-0.3, -0.25) is 10.2 Å². The van der Waals surface area contributed by atoms with Gasteiger partial charge in [0.1, 0.15) is 10.9 Å². The van der Waals surface area contributed by atoms with E-state index >= 15 is 0 Å². The second kappa shape index (κ2) is 5.47. The van der Waals surface area contributed by atoms with E-state index in [1.165, 1.54) is 23.1 Å². The Bertz CT molecular complexity index is 954. The SMILES string of the molecule is Cc1[nH]c2ccccc2c1C=C1SC(=N)C(c2nccs2)C1=O. The summed E-state index contributed by atoms with van der Waals surface area (Å²) in [5.74, 6) is -0.559. The maximum Gasteiger partial charge on any atom is 0.186 e. The van der Waals surface area contributed by atoms with E-state index in [-0.39, 0.29) is 5.78 Å². The maximum atomic E-state index is 12.7. The first-order valence-corrected chi connectivity index (χ1v) is 8.83. The number of allylic oxidation sites excluding steroid dienone is 1. The number of ketones is 1. The predicted octanol–water partition coefficient (Wildman–Crippen LogP) is 4.35. The number of nitrogens with zero attached hydrogens (tertiary/aromatic N) is 1. The van der Waals surface area contributed by atoms with Crippen LogP contribution in [0.25, 0.3) is 17.0 Å². The number of nitrogens with one attached hydrogen (secondary N) is 2. The summed E-state index contributed by atoms with van der Waals surface area (Å²) in [6.07, 6.45) is 3.58. The monoisotopic (exact) mass is 339 g/mol. The van der Waals surface area contributed by atoms with Gasteiger partial charge in [0.25, 0.3) is 0 Å². The molecule has 3 aromatic rings. The highest BCUT2D eigenvalue weighted by molar-refractivity contribution is 8.19. The number of thioether (sulfide) groups is 1. The lowest BCUT2D eigenvalue weighted by Crippen LogP contribution is -2.11. The number of carbonyl (C=O) groups is 1. The highest BCUT2D eigenvalue weighted by atomic mass is 32.2. The smallest absolute Gasteiger partial charge is 0.186 e. The van der Waals surface area contributed by atoms with Crippen molar-refractivity contribution in [3.63, 3.8) is 0 Å². The zero-order valence-corrected chi connectivity index (χ0v) is 13.9. The topological polar surface area (TPSA) is 69.6 Å². The van der Waals surface area contributed by atoms with Crippen molar-refractivity contribution in [1.82, 2.24) is 9.97 Å². The molecule has 4 nitrogen and oxygen atoms in total. The van der Waals surface area contributed by atoms with Crippen LogP contribution in [0.3, 0.4) is 0 Å². The summed E-state index contributed by atoms with van der Waals surface area (Å²) in [5, 5.41) is 12.1. The summed E-state index contributed by atoms with van der Waals surface area (Å²) in [6, 6.07) is 8.04. The first-order valence-electron chi connectivity index (χ1n) is 7.14. The molecule has 4 rings (SSSR count). The average molecular weight is 339 g/mol.